The van der Waals surface area contributed by atoms with E-state index in [4.69, 9.17) is 4.74 Å². The third-order valence-corrected chi connectivity index (χ3v) is 7.03. The average Bonchev–Trinajstić information content (AvgIpc) is 3.60. The Balaban J connectivity index is 1.49. The van der Waals surface area contributed by atoms with Crippen molar-refractivity contribution in [2.45, 2.75) is 50.6 Å². The Hall–Kier alpha value is -2.95. The molecule has 2 heterocycles. The lowest BCUT2D eigenvalue weighted by Crippen LogP contribution is -2.53. The van der Waals surface area contributed by atoms with Crippen molar-refractivity contribution in [3.05, 3.63) is 34.2 Å². The van der Waals surface area contributed by atoms with E-state index in [1.165, 1.54) is 7.11 Å². The maximum absolute atomic E-state index is 14.9. The maximum Gasteiger partial charge on any atom is 0.328 e. The molecule has 1 saturated heterocycles. The van der Waals surface area contributed by atoms with Gasteiger partial charge in [-0.25, -0.2) is 9.18 Å². The molecule has 3 amide bonds. The first-order valence-corrected chi connectivity index (χ1v) is 12.5. The van der Waals surface area contributed by atoms with Crippen LogP contribution in [0.25, 0.3) is 10.9 Å². The molecule has 4 rings (SSSR count). The molecular formula is C24H28BrFN4O5. The number of hydrogen-bond acceptors (Lipinski definition) is 5. The Labute approximate surface area is 210 Å². The highest BCUT2D eigenvalue weighted by molar-refractivity contribution is 9.10. The Morgan fingerprint density at radius 1 is 1.17 bits per heavy atom. The predicted molar refractivity (Wildman–Crippen MR) is 129 cm³/mol. The van der Waals surface area contributed by atoms with Gasteiger partial charge in [0.05, 0.1) is 12.6 Å². The van der Waals surface area contributed by atoms with Crippen LogP contribution in [0.3, 0.4) is 0 Å². The molecule has 3 atom stereocenters. The van der Waals surface area contributed by atoms with Crippen LogP contribution in [-0.4, -0.2) is 54.4 Å². The van der Waals surface area contributed by atoms with E-state index in [1.54, 1.807) is 18.2 Å². The molecule has 0 unspecified atom stereocenters. The van der Waals surface area contributed by atoms with Crippen LogP contribution in [0.5, 0.6) is 0 Å². The first-order chi connectivity index (χ1) is 16.8. The van der Waals surface area contributed by atoms with Crippen molar-refractivity contribution in [2.24, 2.45) is 11.8 Å². The molecule has 1 saturated carbocycles. The number of piperidine rings is 1. The number of hydrogen-bond donors (Lipinski definition) is 4. The van der Waals surface area contributed by atoms with Crippen molar-refractivity contribution >= 4 is 50.5 Å². The van der Waals surface area contributed by atoms with Gasteiger partial charge in [-0.3, -0.25) is 14.4 Å². The number of fused-ring (bicyclic) bond motifs is 1. The fourth-order valence-electron chi connectivity index (χ4n) is 4.41. The van der Waals surface area contributed by atoms with Crippen LogP contribution in [0.1, 0.15) is 49.0 Å². The standard InChI is InChI=1S/C24H28BrFN4O5/c1-35-24(34)18(10-13-3-2-8-27-21(13)31)30-22(32)17(9-12-4-5-12)29-23(33)20-19(26)15-7-6-14(25)11-16(15)28-20/h6-7,11-13,17-18,28H,2-5,8-10H2,1H3,(H,27,31)(H,29,33)(H,30,32)/t13-,17-,18-/m0/s1. The third-order valence-electron chi connectivity index (χ3n) is 6.53. The molecule has 1 aromatic carbocycles. The van der Waals surface area contributed by atoms with Crippen molar-refractivity contribution in [1.82, 2.24) is 20.9 Å². The normalized spacial score (nSPS) is 19.5. The number of esters is 1. The second-order valence-corrected chi connectivity index (χ2v) is 10.1. The zero-order valence-electron chi connectivity index (χ0n) is 19.3. The Kier molecular flexibility index (Phi) is 7.73. The van der Waals surface area contributed by atoms with Crippen molar-refractivity contribution in [2.75, 3.05) is 13.7 Å². The minimum atomic E-state index is -1.04. The summed E-state index contributed by atoms with van der Waals surface area (Å²) in [5.41, 5.74) is 0.178. The van der Waals surface area contributed by atoms with Crippen LogP contribution in [0.4, 0.5) is 4.39 Å². The van der Waals surface area contributed by atoms with Gasteiger partial charge in [-0.15, -0.1) is 0 Å². The summed E-state index contributed by atoms with van der Waals surface area (Å²) in [5, 5.41) is 8.31. The lowest BCUT2D eigenvalue weighted by molar-refractivity contribution is -0.146. The molecule has 188 valence electrons. The molecule has 0 radical (unpaired) electrons. The second-order valence-electron chi connectivity index (χ2n) is 9.16. The van der Waals surface area contributed by atoms with Crippen LogP contribution in [0.2, 0.25) is 0 Å². The van der Waals surface area contributed by atoms with E-state index < -0.39 is 41.6 Å². The van der Waals surface area contributed by atoms with Gasteiger partial charge in [0.15, 0.2) is 5.82 Å². The number of ether oxygens (including phenoxy) is 1. The molecule has 1 aromatic heterocycles. The predicted octanol–water partition coefficient (Wildman–Crippen LogP) is 2.54. The van der Waals surface area contributed by atoms with Crippen LogP contribution < -0.4 is 16.0 Å². The average molecular weight is 551 g/mol. The number of nitrogens with one attached hydrogen (secondary N) is 4. The SMILES string of the molecule is COC(=O)[C@H](C[C@@H]1CCCNC1=O)NC(=O)[C@H](CC1CC1)NC(=O)c1[nH]c2cc(Br)ccc2c1F. The lowest BCUT2D eigenvalue weighted by atomic mass is 9.91. The quantitative estimate of drug-likeness (QED) is 0.356. The van der Waals surface area contributed by atoms with Gasteiger partial charge in [0.2, 0.25) is 11.8 Å². The first-order valence-electron chi connectivity index (χ1n) is 11.7. The fraction of sp³-hybridized carbons (Fsp3) is 0.500. The zero-order valence-corrected chi connectivity index (χ0v) is 20.9. The number of carbonyl (C=O) groups is 4. The number of H-pyrrole nitrogens is 1. The topological polar surface area (TPSA) is 129 Å². The van der Waals surface area contributed by atoms with Crippen molar-refractivity contribution < 1.29 is 28.3 Å². The number of aromatic amines is 1. The van der Waals surface area contributed by atoms with E-state index in [1.807, 2.05) is 0 Å². The highest BCUT2D eigenvalue weighted by Crippen LogP contribution is 2.34. The minimum absolute atomic E-state index is 0.0971. The van der Waals surface area contributed by atoms with Crippen LogP contribution in [0, 0.1) is 17.7 Å². The number of amides is 3. The fourth-order valence-corrected chi connectivity index (χ4v) is 4.78. The minimum Gasteiger partial charge on any atom is -0.467 e. The molecule has 1 aliphatic heterocycles. The lowest BCUT2D eigenvalue weighted by Gasteiger charge is -2.27. The van der Waals surface area contributed by atoms with Gasteiger partial charge < -0.3 is 25.7 Å². The van der Waals surface area contributed by atoms with E-state index in [0.717, 1.165) is 23.7 Å². The van der Waals surface area contributed by atoms with E-state index in [9.17, 15) is 23.6 Å². The first kappa shape index (κ1) is 25.2. The molecular weight excluding hydrogens is 523 g/mol. The zero-order chi connectivity index (χ0) is 25.1. The second kappa shape index (κ2) is 10.8. The molecule has 2 fully saturated rings. The summed E-state index contributed by atoms with van der Waals surface area (Å²) in [5.74, 6) is -3.03. The molecule has 1 aliphatic carbocycles. The number of aromatic nitrogens is 1. The number of benzene rings is 1. The summed E-state index contributed by atoms with van der Waals surface area (Å²) in [6.45, 7) is 0.585. The molecule has 0 spiro atoms. The van der Waals surface area contributed by atoms with Crippen LogP contribution in [0.15, 0.2) is 22.7 Å². The number of carbonyl (C=O) groups excluding carboxylic acids is 4. The number of halogens is 2. The summed E-state index contributed by atoms with van der Waals surface area (Å²) in [6.07, 6.45) is 3.70. The number of rotatable bonds is 9. The summed E-state index contributed by atoms with van der Waals surface area (Å²) < 4.78 is 20.5. The highest BCUT2D eigenvalue weighted by Gasteiger charge is 2.35. The molecule has 0 bridgehead atoms. The van der Waals surface area contributed by atoms with Gasteiger partial charge in [0.25, 0.3) is 5.91 Å². The highest BCUT2D eigenvalue weighted by atomic mass is 79.9. The summed E-state index contributed by atoms with van der Waals surface area (Å²) in [4.78, 5) is 53.5. The molecule has 11 heteroatoms. The molecule has 35 heavy (non-hydrogen) atoms. The smallest absolute Gasteiger partial charge is 0.328 e. The van der Waals surface area contributed by atoms with E-state index in [-0.39, 0.29) is 29.3 Å². The van der Waals surface area contributed by atoms with E-state index in [0.29, 0.717) is 24.9 Å². The molecule has 4 N–H and O–H groups in total. The van der Waals surface area contributed by atoms with Gasteiger partial charge in [-0.1, -0.05) is 28.8 Å². The van der Waals surface area contributed by atoms with Crippen molar-refractivity contribution in [3.8, 4) is 0 Å². The van der Waals surface area contributed by atoms with Gasteiger partial charge in [0, 0.05) is 22.3 Å². The number of methoxy groups -OCH3 is 1. The molecule has 2 aliphatic rings. The Bertz CT molecular complexity index is 1150. The Morgan fingerprint density at radius 3 is 2.63 bits per heavy atom. The third kappa shape index (κ3) is 6.01. The largest absolute Gasteiger partial charge is 0.467 e. The summed E-state index contributed by atoms with van der Waals surface area (Å²) in [6, 6.07) is 2.87. The van der Waals surface area contributed by atoms with Gasteiger partial charge in [-0.2, -0.15) is 0 Å². The van der Waals surface area contributed by atoms with E-state index in [2.05, 4.69) is 36.9 Å². The summed E-state index contributed by atoms with van der Waals surface area (Å²) in [7, 11) is 1.21. The van der Waals surface area contributed by atoms with Gasteiger partial charge in [-0.05, 0) is 49.8 Å². The van der Waals surface area contributed by atoms with Crippen molar-refractivity contribution in [1.29, 1.82) is 0 Å². The molecule has 2 aromatic rings. The van der Waals surface area contributed by atoms with E-state index >= 15 is 0 Å². The molecule has 9 nitrogen and oxygen atoms in total. The summed E-state index contributed by atoms with van der Waals surface area (Å²) >= 11 is 3.32. The Morgan fingerprint density at radius 2 is 1.94 bits per heavy atom. The maximum atomic E-state index is 14.9. The van der Waals surface area contributed by atoms with Gasteiger partial charge >= 0.3 is 5.97 Å². The van der Waals surface area contributed by atoms with Crippen LogP contribution in [-0.2, 0) is 19.1 Å². The van der Waals surface area contributed by atoms with Crippen LogP contribution >= 0.6 is 15.9 Å². The van der Waals surface area contributed by atoms with Gasteiger partial charge in [0.1, 0.15) is 17.8 Å². The van der Waals surface area contributed by atoms with Crippen molar-refractivity contribution in [3.63, 3.8) is 0 Å². The monoisotopic (exact) mass is 550 g/mol.